The van der Waals surface area contributed by atoms with E-state index in [0.717, 1.165) is 0 Å². The summed E-state index contributed by atoms with van der Waals surface area (Å²) in [5, 5.41) is 16.3. The maximum absolute atomic E-state index is 13.8. The average Bonchev–Trinajstić information content (AvgIpc) is 2.57. The highest BCUT2D eigenvalue weighted by molar-refractivity contribution is 6.39. The normalized spacial score (nSPS) is 23.8. The van der Waals surface area contributed by atoms with Crippen LogP contribution in [0.1, 0.15) is 37.3 Å². The number of aliphatic hydroxyl groups is 1. The number of ether oxygens (including phenoxy) is 1. The molecule has 0 aromatic heterocycles. The monoisotopic (exact) mass is 349 g/mol. The fourth-order valence-corrected chi connectivity index (χ4v) is 3.16. The van der Waals surface area contributed by atoms with Crippen LogP contribution in [0.2, 0.25) is 0 Å². The second kappa shape index (κ2) is 7.18. The van der Waals surface area contributed by atoms with E-state index in [1.54, 1.807) is 0 Å². The van der Waals surface area contributed by atoms with Gasteiger partial charge >= 0.3 is 0 Å². The number of hydrogen-bond acceptors (Lipinski definition) is 5. The Morgan fingerprint density at radius 2 is 2.20 bits per heavy atom. The number of aliphatic hydroxyl groups excluding tert-OH is 1. The van der Waals surface area contributed by atoms with E-state index in [4.69, 9.17) is 4.74 Å². The van der Waals surface area contributed by atoms with Gasteiger partial charge in [-0.05, 0) is 37.0 Å². The van der Waals surface area contributed by atoms with Crippen molar-refractivity contribution in [2.75, 3.05) is 7.11 Å². The number of rotatable bonds is 5. The molecule has 1 aromatic rings. The van der Waals surface area contributed by atoms with Crippen LogP contribution >= 0.6 is 0 Å². The zero-order valence-electron chi connectivity index (χ0n) is 13.8. The number of hydrogen-bond donors (Lipinski definition) is 3. The van der Waals surface area contributed by atoms with Crippen LogP contribution in [0.3, 0.4) is 0 Å². The van der Waals surface area contributed by atoms with Crippen LogP contribution in [0, 0.1) is 11.7 Å². The van der Waals surface area contributed by atoms with Crippen molar-refractivity contribution in [3.05, 3.63) is 29.6 Å². The van der Waals surface area contributed by atoms with E-state index in [2.05, 4.69) is 15.8 Å². The molecule has 8 heteroatoms. The molecule has 0 bridgehead atoms. The van der Waals surface area contributed by atoms with Gasteiger partial charge < -0.3 is 15.2 Å². The number of hydrazone groups is 1. The van der Waals surface area contributed by atoms with Crippen molar-refractivity contribution < 1.29 is 23.8 Å². The van der Waals surface area contributed by atoms with Gasteiger partial charge in [-0.1, -0.05) is 0 Å². The van der Waals surface area contributed by atoms with Crippen LogP contribution in [-0.2, 0) is 9.59 Å². The number of halogens is 1. The van der Waals surface area contributed by atoms with Gasteiger partial charge in [-0.3, -0.25) is 9.59 Å². The van der Waals surface area contributed by atoms with Gasteiger partial charge in [0, 0.05) is 18.4 Å². The molecule has 0 spiro atoms. The van der Waals surface area contributed by atoms with Gasteiger partial charge in [0.25, 0.3) is 5.91 Å². The fourth-order valence-electron chi connectivity index (χ4n) is 3.16. The Balaban J connectivity index is 1.84. The number of nitrogens with one attached hydrogen (secondary N) is 2. The molecule has 1 aliphatic carbocycles. The lowest BCUT2D eigenvalue weighted by molar-refractivity contribution is -0.121. The molecule has 3 rings (SSSR count). The molecule has 1 aliphatic heterocycles. The molecule has 7 nitrogen and oxygen atoms in total. The van der Waals surface area contributed by atoms with Crippen molar-refractivity contribution in [1.82, 2.24) is 10.7 Å². The Morgan fingerprint density at radius 3 is 2.80 bits per heavy atom. The van der Waals surface area contributed by atoms with Crippen molar-refractivity contribution in [2.24, 2.45) is 11.0 Å². The Hall–Kier alpha value is -2.48. The standard InChI is InChI=1S/C17H20FN3O4/c1-25-14-4-2-10(18)8-12(14)16(9-6-11(22)7-9)19-17(24)13-3-5-15(23)21-20-13/h2,4,8-9,11,16,22H,3,5-7H2,1H3,(H,19,24)(H,21,23)/t9?,11?,16-/m0/s1. The maximum atomic E-state index is 13.8. The number of carbonyl (C=O) groups excluding carboxylic acids is 2. The lowest BCUT2D eigenvalue weighted by Gasteiger charge is -2.38. The maximum Gasteiger partial charge on any atom is 0.267 e. The van der Waals surface area contributed by atoms with Crippen molar-refractivity contribution in [2.45, 2.75) is 37.8 Å². The first-order chi connectivity index (χ1) is 12.0. The van der Waals surface area contributed by atoms with E-state index in [0.29, 0.717) is 24.2 Å². The Kier molecular flexibility index (Phi) is 4.98. The minimum atomic E-state index is -0.512. The van der Waals surface area contributed by atoms with Gasteiger partial charge in [-0.25, -0.2) is 9.82 Å². The predicted molar refractivity (Wildman–Crippen MR) is 87.4 cm³/mol. The van der Waals surface area contributed by atoms with Crippen LogP contribution < -0.4 is 15.5 Å². The first kappa shape index (κ1) is 17.3. The number of carbonyl (C=O) groups is 2. The first-order valence-electron chi connectivity index (χ1n) is 8.15. The highest BCUT2D eigenvalue weighted by Crippen LogP contribution is 2.41. The molecule has 25 heavy (non-hydrogen) atoms. The van der Waals surface area contributed by atoms with Gasteiger partial charge in [0.05, 0.1) is 19.3 Å². The lowest BCUT2D eigenvalue weighted by Crippen LogP contribution is -2.45. The van der Waals surface area contributed by atoms with Crippen molar-refractivity contribution in [3.8, 4) is 5.75 Å². The van der Waals surface area contributed by atoms with Crippen LogP contribution in [-0.4, -0.2) is 35.8 Å². The second-order valence-corrected chi connectivity index (χ2v) is 6.32. The highest BCUT2D eigenvalue weighted by atomic mass is 19.1. The van der Waals surface area contributed by atoms with Gasteiger partial charge in [0.1, 0.15) is 17.3 Å². The van der Waals surface area contributed by atoms with Crippen LogP contribution in [0.15, 0.2) is 23.3 Å². The number of amides is 2. The number of benzene rings is 1. The molecule has 0 unspecified atom stereocenters. The molecule has 1 aromatic carbocycles. The largest absolute Gasteiger partial charge is 0.496 e. The molecule has 0 radical (unpaired) electrons. The topological polar surface area (TPSA) is 100 Å². The third-order valence-electron chi connectivity index (χ3n) is 4.60. The average molecular weight is 349 g/mol. The van der Waals surface area contributed by atoms with Gasteiger partial charge in [0.15, 0.2) is 0 Å². The molecule has 1 atom stereocenters. The summed E-state index contributed by atoms with van der Waals surface area (Å²) in [5.41, 5.74) is 3.03. The molecular weight excluding hydrogens is 329 g/mol. The Morgan fingerprint density at radius 1 is 1.44 bits per heavy atom. The summed E-state index contributed by atoms with van der Waals surface area (Å²) in [6.45, 7) is 0. The summed E-state index contributed by atoms with van der Waals surface area (Å²) in [6.07, 6.45) is 1.04. The van der Waals surface area contributed by atoms with Crippen LogP contribution in [0.4, 0.5) is 4.39 Å². The summed E-state index contributed by atoms with van der Waals surface area (Å²) < 4.78 is 19.1. The summed E-state index contributed by atoms with van der Waals surface area (Å²) in [4.78, 5) is 23.7. The third-order valence-corrected chi connectivity index (χ3v) is 4.60. The minimum absolute atomic E-state index is 0.0339. The van der Waals surface area contributed by atoms with E-state index >= 15 is 0 Å². The number of nitrogens with zero attached hydrogens (tertiary/aromatic N) is 1. The fraction of sp³-hybridized carbons (Fsp3) is 0.471. The molecule has 1 saturated carbocycles. The minimum Gasteiger partial charge on any atom is -0.496 e. The van der Waals surface area contributed by atoms with Gasteiger partial charge in [-0.15, -0.1) is 0 Å². The second-order valence-electron chi connectivity index (χ2n) is 6.32. The lowest BCUT2D eigenvalue weighted by atomic mass is 9.74. The molecule has 1 heterocycles. The quantitative estimate of drug-likeness (QED) is 0.739. The van der Waals surface area contributed by atoms with Crippen LogP contribution in [0.5, 0.6) is 5.75 Å². The van der Waals surface area contributed by atoms with E-state index in [-0.39, 0.29) is 30.4 Å². The van der Waals surface area contributed by atoms with Crippen molar-refractivity contribution in [1.29, 1.82) is 0 Å². The zero-order valence-corrected chi connectivity index (χ0v) is 13.8. The molecular formula is C17H20FN3O4. The first-order valence-corrected chi connectivity index (χ1v) is 8.15. The van der Waals surface area contributed by atoms with E-state index in [1.165, 1.54) is 25.3 Å². The summed E-state index contributed by atoms with van der Waals surface area (Å²) in [7, 11) is 1.48. The van der Waals surface area contributed by atoms with E-state index in [1.807, 2.05) is 0 Å². The summed E-state index contributed by atoms with van der Waals surface area (Å²) in [6, 6.07) is 3.62. The van der Waals surface area contributed by atoms with E-state index < -0.39 is 23.9 Å². The molecule has 2 amide bonds. The SMILES string of the molecule is COc1ccc(F)cc1[C@@H](NC(=O)C1=NNC(=O)CC1)C1CC(O)C1. The molecule has 1 fully saturated rings. The molecule has 134 valence electrons. The Labute approximate surface area is 144 Å². The third kappa shape index (κ3) is 3.79. The van der Waals surface area contributed by atoms with Crippen molar-refractivity contribution >= 4 is 17.5 Å². The molecule has 2 aliphatic rings. The molecule has 3 N–H and O–H groups in total. The van der Waals surface area contributed by atoms with E-state index in [9.17, 15) is 19.1 Å². The van der Waals surface area contributed by atoms with Gasteiger partial charge in [0.2, 0.25) is 5.91 Å². The predicted octanol–water partition coefficient (Wildman–Crippen LogP) is 1.03. The highest BCUT2D eigenvalue weighted by Gasteiger charge is 2.37. The zero-order chi connectivity index (χ0) is 18.0. The summed E-state index contributed by atoms with van der Waals surface area (Å²) >= 11 is 0. The molecule has 0 saturated heterocycles. The summed E-state index contributed by atoms with van der Waals surface area (Å²) in [5.74, 6) is -0.655. The number of methoxy groups -OCH3 is 1. The Bertz CT molecular complexity index is 716. The smallest absolute Gasteiger partial charge is 0.267 e. The van der Waals surface area contributed by atoms with Gasteiger partial charge in [-0.2, -0.15) is 5.10 Å². The van der Waals surface area contributed by atoms with Crippen LogP contribution in [0.25, 0.3) is 0 Å². The van der Waals surface area contributed by atoms with Crippen molar-refractivity contribution in [3.63, 3.8) is 0 Å².